The van der Waals surface area contributed by atoms with E-state index < -0.39 is 0 Å². The molecule has 2 aromatic heterocycles. The number of nitrogens with zero attached hydrogens (tertiary/aromatic N) is 1. The highest BCUT2D eigenvalue weighted by Gasteiger charge is 1.97. The highest BCUT2D eigenvalue weighted by atomic mass is 32.1. The maximum absolute atomic E-state index is 4.42. The Bertz CT molecular complexity index is 392. The van der Waals surface area contributed by atoms with Gasteiger partial charge >= 0.3 is 0 Å². The second-order valence-corrected chi connectivity index (χ2v) is 4.57. The zero-order valence-electron chi connectivity index (χ0n) is 8.79. The SMILES string of the molecule is Cc1nc(CCNCc2cc[nH]c2)cs1. The molecule has 2 aromatic rings. The van der Waals surface area contributed by atoms with E-state index >= 15 is 0 Å². The Morgan fingerprint density at radius 1 is 1.53 bits per heavy atom. The summed E-state index contributed by atoms with van der Waals surface area (Å²) in [6.07, 6.45) is 4.97. The first-order valence-electron chi connectivity index (χ1n) is 5.08. The molecule has 0 saturated heterocycles. The Balaban J connectivity index is 1.67. The fourth-order valence-electron chi connectivity index (χ4n) is 1.44. The number of H-pyrrole nitrogens is 1. The first-order chi connectivity index (χ1) is 7.34. The number of rotatable bonds is 5. The standard InChI is InChI=1S/C11H15N3S/c1-9-14-11(8-15-9)3-5-13-7-10-2-4-12-6-10/h2,4,6,8,12-13H,3,5,7H2,1H3. The van der Waals surface area contributed by atoms with E-state index in [4.69, 9.17) is 0 Å². The Morgan fingerprint density at radius 3 is 3.13 bits per heavy atom. The molecule has 2 rings (SSSR count). The topological polar surface area (TPSA) is 40.7 Å². The summed E-state index contributed by atoms with van der Waals surface area (Å²) in [4.78, 5) is 7.46. The predicted octanol–water partition coefficient (Wildman–Crippen LogP) is 2.11. The molecule has 0 atom stereocenters. The van der Waals surface area contributed by atoms with Crippen molar-refractivity contribution in [2.75, 3.05) is 6.54 Å². The molecule has 0 fully saturated rings. The third-order valence-electron chi connectivity index (χ3n) is 2.22. The van der Waals surface area contributed by atoms with Crippen LogP contribution in [0.4, 0.5) is 0 Å². The lowest BCUT2D eigenvalue weighted by molar-refractivity contribution is 0.681. The summed E-state index contributed by atoms with van der Waals surface area (Å²) < 4.78 is 0. The van der Waals surface area contributed by atoms with Gasteiger partial charge in [0.05, 0.1) is 10.7 Å². The van der Waals surface area contributed by atoms with Crippen LogP contribution in [0.1, 0.15) is 16.3 Å². The second kappa shape index (κ2) is 5.09. The van der Waals surface area contributed by atoms with Crippen molar-refractivity contribution in [1.29, 1.82) is 0 Å². The number of thiazole rings is 1. The van der Waals surface area contributed by atoms with E-state index in [0.29, 0.717) is 0 Å². The highest BCUT2D eigenvalue weighted by Crippen LogP contribution is 2.07. The summed E-state index contributed by atoms with van der Waals surface area (Å²) in [5, 5.41) is 6.67. The van der Waals surface area contributed by atoms with Gasteiger partial charge in [0, 0.05) is 37.3 Å². The van der Waals surface area contributed by atoms with Crippen LogP contribution in [0.15, 0.2) is 23.8 Å². The number of nitrogens with one attached hydrogen (secondary N) is 2. The van der Waals surface area contributed by atoms with Crippen LogP contribution >= 0.6 is 11.3 Å². The van der Waals surface area contributed by atoms with E-state index in [0.717, 1.165) is 24.5 Å². The summed E-state index contributed by atoms with van der Waals surface area (Å²) in [7, 11) is 0. The number of aromatic amines is 1. The maximum Gasteiger partial charge on any atom is 0.0897 e. The predicted molar refractivity (Wildman–Crippen MR) is 63.1 cm³/mol. The van der Waals surface area contributed by atoms with Crippen molar-refractivity contribution in [2.45, 2.75) is 19.9 Å². The van der Waals surface area contributed by atoms with E-state index in [9.17, 15) is 0 Å². The van der Waals surface area contributed by atoms with Crippen LogP contribution in [0, 0.1) is 6.92 Å². The van der Waals surface area contributed by atoms with Gasteiger partial charge in [-0.25, -0.2) is 4.98 Å². The number of hydrogen-bond acceptors (Lipinski definition) is 3. The van der Waals surface area contributed by atoms with Gasteiger partial charge in [-0.05, 0) is 18.6 Å². The molecule has 4 heteroatoms. The largest absolute Gasteiger partial charge is 0.367 e. The fourth-order valence-corrected chi connectivity index (χ4v) is 2.09. The Labute approximate surface area is 93.6 Å². The minimum Gasteiger partial charge on any atom is -0.367 e. The van der Waals surface area contributed by atoms with Gasteiger partial charge in [-0.3, -0.25) is 0 Å². The van der Waals surface area contributed by atoms with E-state index in [1.165, 1.54) is 11.3 Å². The fraction of sp³-hybridized carbons (Fsp3) is 0.364. The molecule has 3 nitrogen and oxygen atoms in total. The molecule has 0 bridgehead atoms. The maximum atomic E-state index is 4.42. The molecule has 15 heavy (non-hydrogen) atoms. The van der Waals surface area contributed by atoms with E-state index in [2.05, 4.69) is 26.7 Å². The lowest BCUT2D eigenvalue weighted by atomic mass is 10.3. The van der Waals surface area contributed by atoms with Crippen molar-refractivity contribution < 1.29 is 0 Å². The molecule has 0 saturated carbocycles. The van der Waals surface area contributed by atoms with Crippen LogP contribution in [0.5, 0.6) is 0 Å². The van der Waals surface area contributed by atoms with Crippen LogP contribution in [-0.4, -0.2) is 16.5 Å². The zero-order valence-corrected chi connectivity index (χ0v) is 9.60. The number of aromatic nitrogens is 2. The molecule has 2 heterocycles. The lowest BCUT2D eigenvalue weighted by Gasteiger charge is -2.00. The van der Waals surface area contributed by atoms with Gasteiger partial charge in [-0.15, -0.1) is 11.3 Å². The van der Waals surface area contributed by atoms with Crippen molar-refractivity contribution in [1.82, 2.24) is 15.3 Å². The molecule has 0 amide bonds. The Morgan fingerprint density at radius 2 is 2.47 bits per heavy atom. The third kappa shape index (κ3) is 3.18. The molecule has 2 N–H and O–H groups in total. The normalized spacial score (nSPS) is 10.7. The molecule has 0 aromatic carbocycles. The van der Waals surface area contributed by atoms with Gasteiger partial charge in [0.1, 0.15) is 0 Å². The summed E-state index contributed by atoms with van der Waals surface area (Å²) in [5.74, 6) is 0. The molecule has 0 aliphatic carbocycles. The molecular weight excluding hydrogens is 206 g/mol. The Hall–Kier alpha value is -1.13. The highest BCUT2D eigenvalue weighted by molar-refractivity contribution is 7.09. The first-order valence-corrected chi connectivity index (χ1v) is 5.96. The zero-order chi connectivity index (χ0) is 10.5. The smallest absolute Gasteiger partial charge is 0.0897 e. The quantitative estimate of drug-likeness (QED) is 0.759. The van der Waals surface area contributed by atoms with Gasteiger partial charge < -0.3 is 10.3 Å². The molecular formula is C11H15N3S. The van der Waals surface area contributed by atoms with Crippen molar-refractivity contribution in [3.05, 3.63) is 40.1 Å². The van der Waals surface area contributed by atoms with Crippen LogP contribution in [-0.2, 0) is 13.0 Å². The average molecular weight is 221 g/mol. The van der Waals surface area contributed by atoms with Crippen LogP contribution in [0.3, 0.4) is 0 Å². The lowest BCUT2D eigenvalue weighted by Crippen LogP contribution is -2.16. The first kappa shape index (κ1) is 10.4. The minimum atomic E-state index is 0.923. The number of aryl methyl sites for hydroxylation is 1. The van der Waals surface area contributed by atoms with Crippen LogP contribution in [0.2, 0.25) is 0 Å². The van der Waals surface area contributed by atoms with Crippen LogP contribution < -0.4 is 5.32 Å². The summed E-state index contributed by atoms with van der Waals surface area (Å²) in [5.41, 5.74) is 2.49. The van der Waals surface area contributed by atoms with E-state index in [1.807, 2.05) is 19.3 Å². The molecule has 0 aliphatic heterocycles. The number of hydrogen-bond donors (Lipinski definition) is 2. The van der Waals surface area contributed by atoms with Gasteiger partial charge in [0.15, 0.2) is 0 Å². The molecule has 0 unspecified atom stereocenters. The van der Waals surface area contributed by atoms with Crippen molar-refractivity contribution >= 4 is 11.3 Å². The van der Waals surface area contributed by atoms with Gasteiger partial charge in [-0.2, -0.15) is 0 Å². The monoisotopic (exact) mass is 221 g/mol. The molecule has 0 radical (unpaired) electrons. The van der Waals surface area contributed by atoms with Crippen molar-refractivity contribution in [2.24, 2.45) is 0 Å². The van der Waals surface area contributed by atoms with E-state index in [-0.39, 0.29) is 0 Å². The van der Waals surface area contributed by atoms with Crippen molar-refractivity contribution in [3.8, 4) is 0 Å². The van der Waals surface area contributed by atoms with E-state index in [1.54, 1.807) is 11.3 Å². The summed E-state index contributed by atoms with van der Waals surface area (Å²) in [6, 6.07) is 2.08. The minimum absolute atomic E-state index is 0.923. The molecule has 0 spiro atoms. The second-order valence-electron chi connectivity index (χ2n) is 3.50. The Kier molecular flexibility index (Phi) is 3.53. The van der Waals surface area contributed by atoms with Gasteiger partial charge in [0.2, 0.25) is 0 Å². The van der Waals surface area contributed by atoms with Crippen LogP contribution in [0.25, 0.3) is 0 Å². The third-order valence-corrected chi connectivity index (χ3v) is 3.04. The average Bonchev–Trinajstić information content (AvgIpc) is 2.84. The summed E-state index contributed by atoms with van der Waals surface area (Å²) in [6.45, 7) is 3.95. The summed E-state index contributed by atoms with van der Waals surface area (Å²) >= 11 is 1.72. The molecule has 80 valence electrons. The molecule has 0 aliphatic rings. The van der Waals surface area contributed by atoms with Gasteiger partial charge in [0.25, 0.3) is 0 Å². The van der Waals surface area contributed by atoms with Crippen molar-refractivity contribution in [3.63, 3.8) is 0 Å². The van der Waals surface area contributed by atoms with Gasteiger partial charge in [-0.1, -0.05) is 0 Å².